The van der Waals surface area contributed by atoms with Crippen LogP contribution in [-0.4, -0.2) is 47.9 Å². The molecule has 2 saturated heterocycles. The fraction of sp³-hybridized carbons (Fsp3) is 0.360. The van der Waals surface area contributed by atoms with E-state index in [4.69, 9.17) is 28.9 Å². The molecular formula is C25H27Cl2N5OS. The van der Waals surface area contributed by atoms with Crippen molar-refractivity contribution in [2.75, 3.05) is 42.1 Å². The molecule has 9 heteroatoms. The third-order valence-electron chi connectivity index (χ3n) is 6.65. The fourth-order valence-corrected chi connectivity index (χ4v) is 5.96. The molecule has 34 heavy (non-hydrogen) atoms. The average Bonchev–Trinajstić information content (AvgIpc) is 3.51. The number of carbonyl (C=O) groups excluding carboxylic acids is 1. The van der Waals surface area contributed by atoms with Crippen molar-refractivity contribution in [2.45, 2.75) is 31.7 Å². The summed E-state index contributed by atoms with van der Waals surface area (Å²) in [6, 6.07) is 13.9. The third kappa shape index (κ3) is 5.03. The molecule has 0 spiro atoms. The second-order valence-electron chi connectivity index (χ2n) is 8.82. The van der Waals surface area contributed by atoms with Crippen LogP contribution in [-0.2, 0) is 0 Å². The number of hydrogen-bond donors (Lipinski definition) is 2. The van der Waals surface area contributed by atoms with E-state index in [1.165, 1.54) is 55.8 Å². The molecule has 3 N–H and O–H groups in total. The number of nitrogens with one attached hydrogen (secondary N) is 1. The Morgan fingerprint density at radius 2 is 1.71 bits per heavy atom. The molecule has 2 aromatic carbocycles. The summed E-state index contributed by atoms with van der Waals surface area (Å²) in [4.78, 5) is 22.7. The van der Waals surface area contributed by atoms with Crippen molar-refractivity contribution in [3.8, 4) is 0 Å². The number of piperidine rings is 1. The molecule has 5 rings (SSSR count). The van der Waals surface area contributed by atoms with Gasteiger partial charge in [0.15, 0.2) is 5.13 Å². The molecule has 0 bridgehead atoms. The van der Waals surface area contributed by atoms with Gasteiger partial charge in [-0.15, -0.1) is 0 Å². The lowest BCUT2D eigenvalue weighted by atomic mass is 10.0. The summed E-state index contributed by atoms with van der Waals surface area (Å²) in [7, 11) is 0. The van der Waals surface area contributed by atoms with E-state index in [1.807, 2.05) is 12.1 Å². The number of carbonyl (C=O) groups is 1. The maximum absolute atomic E-state index is 12.9. The second-order valence-corrected chi connectivity index (χ2v) is 10.6. The van der Waals surface area contributed by atoms with Crippen LogP contribution in [0, 0.1) is 0 Å². The van der Waals surface area contributed by atoms with E-state index in [-0.39, 0.29) is 11.6 Å². The molecule has 2 fully saturated rings. The molecule has 3 aromatic rings. The number of halogens is 2. The van der Waals surface area contributed by atoms with E-state index in [9.17, 15) is 4.79 Å². The Kier molecular flexibility index (Phi) is 6.97. The van der Waals surface area contributed by atoms with Gasteiger partial charge in [-0.1, -0.05) is 34.5 Å². The fourth-order valence-electron chi connectivity index (χ4n) is 4.79. The van der Waals surface area contributed by atoms with E-state index in [0.29, 0.717) is 25.6 Å². The number of nitrogens with zero attached hydrogens (tertiary/aromatic N) is 3. The number of thiazole rings is 1. The third-order valence-corrected chi connectivity index (χ3v) is 8.37. The molecule has 0 radical (unpaired) electrons. The van der Waals surface area contributed by atoms with E-state index in [2.05, 4.69) is 32.2 Å². The SMILES string of the molecule is Nc1nc(Nc2ccc(N3CCC(N4CCCC4)CC3)cc2)sc1C(=O)c1ccc(Cl)c(Cl)c1. The van der Waals surface area contributed by atoms with Gasteiger partial charge in [0.2, 0.25) is 5.78 Å². The zero-order valence-corrected chi connectivity index (χ0v) is 21.1. The van der Waals surface area contributed by atoms with Crippen LogP contribution in [0.4, 0.5) is 22.3 Å². The molecule has 0 atom stereocenters. The van der Waals surface area contributed by atoms with Crippen molar-refractivity contribution in [2.24, 2.45) is 0 Å². The summed E-state index contributed by atoms with van der Waals surface area (Å²) in [5, 5.41) is 4.57. The Hall–Kier alpha value is -2.32. The van der Waals surface area contributed by atoms with Crippen molar-refractivity contribution < 1.29 is 4.79 Å². The van der Waals surface area contributed by atoms with Gasteiger partial charge in [0.05, 0.1) is 10.0 Å². The molecule has 6 nitrogen and oxygen atoms in total. The lowest BCUT2D eigenvalue weighted by Crippen LogP contribution is -2.43. The Labute approximate surface area is 213 Å². The van der Waals surface area contributed by atoms with Gasteiger partial charge in [-0.25, -0.2) is 4.98 Å². The molecule has 0 aliphatic carbocycles. The Morgan fingerprint density at radius 1 is 1.00 bits per heavy atom. The summed E-state index contributed by atoms with van der Waals surface area (Å²) < 4.78 is 0. The van der Waals surface area contributed by atoms with Gasteiger partial charge in [0.1, 0.15) is 10.7 Å². The topological polar surface area (TPSA) is 74.5 Å². The quantitative estimate of drug-likeness (QED) is 0.388. The van der Waals surface area contributed by atoms with Crippen molar-refractivity contribution in [3.05, 3.63) is 63.0 Å². The smallest absolute Gasteiger partial charge is 0.206 e. The molecule has 0 unspecified atom stereocenters. The van der Waals surface area contributed by atoms with E-state index in [1.54, 1.807) is 18.2 Å². The van der Waals surface area contributed by atoms with Crippen LogP contribution in [0.3, 0.4) is 0 Å². The molecule has 178 valence electrons. The summed E-state index contributed by atoms with van der Waals surface area (Å²) >= 11 is 13.2. The predicted molar refractivity (Wildman–Crippen MR) is 142 cm³/mol. The molecule has 0 amide bonds. The van der Waals surface area contributed by atoms with E-state index < -0.39 is 0 Å². The first kappa shape index (κ1) is 23.4. The van der Waals surface area contributed by atoms with Gasteiger partial charge in [0.25, 0.3) is 0 Å². The van der Waals surface area contributed by atoms with Crippen LogP contribution in [0.25, 0.3) is 0 Å². The van der Waals surface area contributed by atoms with Crippen molar-refractivity contribution in [3.63, 3.8) is 0 Å². The number of ketones is 1. The van der Waals surface area contributed by atoms with Crippen LogP contribution < -0.4 is 16.0 Å². The molecule has 2 aliphatic heterocycles. The minimum Gasteiger partial charge on any atom is -0.382 e. The van der Waals surface area contributed by atoms with Gasteiger partial charge in [-0.2, -0.15) is 0 Å². The number of rotatable bonds is 6. The minimum absolute atomic E-state index is 0.195. The maximum atomic E-state index is 12.9. The Balaban J connectivity index is 1.21. The predicted octanol–water partition coefficient (Wildman–Crippen LogP) is 6.07. The lowest BCUT2D eigenvalue weighted by Gasteiger charge is -2.37. The summed E-state index contributed by atoms with van der Waals surface area (Å²) in [5.74, 6) is -0.0321. The highest BCUT2D eigenvalue weighted by molar-refractivity contribution is 7.18. The van der Waals surface area contributed by atoms with Gasteiger partial charge in [0, 0.05) is 36.1 Å². The van der Waals surface area contributed by atoms with Crippen LogP contribution >= 0.6 is 34.5 Å². The molecule has 2 aliphatic rings. The van der Waals surface area contributed by atoms with Gasteiger partial charge in [-0.05, 0) is 81.2 Å². The average molecular weight is 516 g/mol. The van der Waals surface area contributed by atoms with Gasteiger partial charge >= 0.3 is 0 Å². The zero-order chi connectivity index (χ0) is 23.7. The van der Waals surface area contributed by atoms with Crippen LogP contribution in [0.1, 0.15) is 40.9 Å². The van der Waals surface area contributed by atoms with Crippen LogP contribution in [0.5, 0.6) is 0 Å². The number of likely N-dealkylation sites (tertiary alicyclic amines) is 1. The van der Waals surface area contributed by atoms with E-state index >= 15 is 0 Å². The molecule has 3 heterocycles. The van der Waals surface area contributed by atoms with Crippen LogP contribution in [0.2, 0.25) is 10.0 Å². The highest BCUT2D eigenvalue weighted by atomic mass is 35.5. The monoisotopic (exact) mass is 515 g/mol. The number of nitrogens with two attached hydrogens (primary N) is 1. The molecule has 0 saturated carbocycles. The number of benzene rings is 2. The number of anilines is 4. The minimum atomic E-state index is -0.228. The van der Waals surface area contributed by atoms with Crippen molar-refractivity contribution in [1.29, 1.82) is 0 Å². The Bertz CT molecular complexity index is 1170. The lowest BCUT2D eigenvalue weighted by molar-refractivity contribution is 0.104. The molecular weight excluding hydrogens is 489 g/mol. The number of hydrogen-bond acceptors (Lipinski definition) is 7. The number of aromatic nitrogens is 1. The van der Waals surface area contributed by atoms with Crippen molar-refractivity contribution >= 4 is 62.6 Å². The highest BCUT2D eigenvalue weighted by Crippen LogP contribution is 2.32. The first-order valence-electron chi connectivity index (χ1n) is 11.6. The number of nitrogen functional groups attached to an aromatic ring is 1. The zero-order valence-electron chi connectivity index (χ0n) is 18.8. The molecule has 1 aromatic heterocycles. The van der Waals surface area contributed by atoms with Crippen LogP contribution in [0.15, 0.2) is 42.5 Å². The highest BCUT2D eigenvalue weighted by Gasteiger charge is 2.26. The first-order chi connectivity index (χ1) is 16.5. The van der Waals surface area contributed by atoms with Gasteiger partial charge < -0.3 is 20.9 Å². The van der Waals surface area contributed by atoms with E-state index in [0.717, 1.165) is 24.8 Å². The standard InChI is InChI=1S/C25H27Cl2N5OS/c26-20-8-3-16(15-21(20)27)22(33)23-24(28)30-25(34-23)29-17-4-6-18(7-5-17)32-13-9-19(10-14-32)31-11-1-2-12-31/h3-8,15,19H,1-2,9-14,28H2,(H,29,30). The summed E-state index contributed by atoms with van der Waals surface area (Å²) in [6.07, 6.45) is 5.16. The largest absolute Gasteiger partial charge is 0.382 e. The Morgan fingerprint density at radius 3 is 2.38 bits per heavy atom. The summed E-state index contributed by atoms with van der Waals surface area (Å²) in [6.45, 7) is 4.73. The second kappa shape index (κ2) is 10.1. The summed E-state index contributed by atoms with van der Waals surface area (Å²) in [5.41, 5.74) is 8.61. The normalized spacial score (nSPS) is 17.3. The van der Waals surface area contributed by atoms with Crippen molar-refractivity contribution in [1.82, 2.24) is 9.88 Å². The first-order valence-corrected chi connectivity index (χ1v) is 13.2. The van der Waals surface area contributed by atoms with Gasteiger partial charge in [-0.3, -0.25) is 4.79 Å². The maximum Gasteiger partial charge on any atom is 0.206 e.